The molecule has 0 radical (unpaired) electrons. The van der Waals surface area contributed by atoms with Crippen molar-refractivity contribution in [3.05, 3.63) is 64.9 Å². The highest BCUT2D eigenvalue weighted by Crippen LogP contribution is 2.22. The minimum absolute atomic E-state index is 0.214. The zero-order chi connectivity index (χ0) is 16.4. The minimum atomic E-state index is -0.602. The molecule has 0 atom stereocenters. The largest absolute Gasteiger partial charge is 0.328 e. The molecular formula is C17H14ClFN2O2. The van der Waals surface area contributed by atoms with Crippen LogP contribution in [0.15, 0.2) is 48.5 Å². The molecule has 0 aromatic heterocycles. The van der Waals surface area contributed by atoms with Crippen molar-refractivity contribution in [3.63, 3.8) is 0 Å². The third-order valence-electron chi connectivity index (χ3n) is 3.69. The van der Waals surface area contributed by atoms with Crippen molar-refractivity contribution in [1.29, 1.82) is 0 Å². The lowest BCUT2D eigenvalue weighted by molar-refractivity contribution is -0.146. The first-order valence-electron chi connectivity index (χ1n) is 7.15. The Morgan fingerprint density at radius 2 is 1.78 bits per heavy atom. The average Bonchev–Trinajstić information content (AvgIpc) is 2.52. The number of piperazine rings is 1. The van der Waals surface area contributed by atoms with Gasteiger partial charge in [0.15, 0.2) is 0 Å². The van der Waals surface area contributed by atoms with Crippen LogP contribution in [0.3, 0.4) is 0 Å². The van der Waals surface area contributed by atoms with Crippen LogP contribution in [-0.2, 0) is 16.1 Å². The molecule has 2 aromatic carbocycles. The fraction of sp³-hybridized carbons (Fsp3) is 0.176. The highest BCUT2D eigenvalue weighted by Gasteiger charge is 2.33. The Morgan fingerprint density at radius 1 is 1.00 bits per heavy atom. The Morgan fingerprint density at radius 3 is 2.52 bits per heavy atom. The molecule has 1 aliphatic rings. The van der Waals surface area contributed by atoms with E-state index in [4.69, 9.17) is 11.6 Å². The number of carbonyl (C=O) groups excluding carboxylic acids is 2. The molecule has 2 aromatic rings. The standard InChI is InChI=1S/C17H14ClFN2O2/c18-13-4-2-6-15(10-13)21-8-7-20(16(22)17(21)23)11-12-3-1-5-14(19)9-12/h1-6,9-10H,7-8,11H2. The van der Waals surface area contributed by atoms with E-state index in [1.807, 2.05) is 0 Å². The Bertz CT molecular complexity index is 766. The van der Waals surface area contributed by atoms with Gasteiger partial charge in [0.1, 0.15) is 5.82 Å². The first kappa shape index (κ1) is 15.5. The lowest BCUT2D eigenvalue weighted by atomic mass is 10.1. The summed E-state index contributed by atoms with van der Waals surface area (Å²) >= 11 is 5.93. The number of nitrogens with zero attached hydrogens (tertiary/aromatic N) is 2. The van der Waals surface area contributed by atoms with Crippen molar-refractivity contribution < 1.29 is 14.0 Å². The molecule has 118 valence electrons. The number of anilines is 1. The second-order valence-electron chi connectivity index (χ2n) is 5.29. The molecule has 0 unspecified atom stereocenters. The molecule has 2 amide bonds. The average molecular weight is 333 g/mol. The van der Waals surface area contributed by atoms with Crippen molar-refractivity contribution in [3.8, 4) is 0 Å². The number of carbonyl (C=O) groups is 2. The third-order valence-corrected chi connectivity index (χ3v) is 3.93. The smallest absolute Gasteiger partial charge is 0.316 e. The van der Waals surface area contributed by atoms with Gasteiger partial charge >= 0.3 is 11.8 Å². The Balaban J connectivity index is 1.75. The predicted octanol–water partition coefficient (Wildman–Crippen LogP) is 2.85. The molecule has 0 N–H and O–H groups in total. The molecule has 6 heteroatoms. The van der Waals surface area contributed by atoms with E-state index in [1.54, 1.807) is 36.4 Å². The fourth-order valence-electron chi connectivity index (χ4n) is 2.57. The maximum Gasteiger partial charge on any atom is 0.316 e. The maximum absolute atomic E-state index is 13.2. The molecular weight excluding hydrogens is 319 g/mol. The summed E-state index contributed by atoms with van der Waals surface area (Å²) in [6.07, 6.45) is 0. The second-order valence-corrected chi connectivity index (χ2v) is 5.73. The number of hydrogen-bond acceptors (Lipinski definition) is 2. The van der Waals surface area contributed by atoms with E-state index in [1.165, 1.54) is 21.9 Å². The summed E-state index contributed by atoms with van der Waals surface area (Å²) in [5.41, 5.74) is 1.25. The van der Waals surface area contributed by atoms with Crippen molar-refractivity contribution >= 4 is 29.1 Å². The van der Waals surface area contributed by atoms with E-state index in [2.05, 4.69) is 0 Å². The van der Waals surface area contributed by atoms with Crippen LogP contribution >= 0.6 is 11.6 Å². The maximum atomic E-state index is 13.2. The van der Waals surface area contributed by atoms with E-state index in [9.17, 15) is 14.0 Å². The van der Waals surface area contributed by atoms with Crippen LogP contribution in [0.5, 0.6) is 0 Å². The first-order chi connectivity index (χ1) is 11.0. The number of halogens is 2. The van der Waals surface area contributed by atoms with Crippen LogP contribution in [0.1, 0.15) is 5.56 Å². The van der Waals surface area contributed by atoms with Gasteiger partial charge in [-0.15, -0.1) is 0 Å². The van der Waals surface area contributed by atoms with Crippen molar-refractivity contribution in [2.75, 3.05) is 18.0 Å². The van der Waals surface area contributed by atoms with Gasteiger partial charge in [-0.2, -0.15) is 0 Å². The van der Waals surface area contributed by atoms with Gasteiger partial charge in [-0.3, -0.25) is 9.59 Å². The molecule has 1 saturated heterocycles. The monoisotopic (exact) mass is 332 g/mol. The van der Waals surface area contributed by atoms with E-state index in [0.29, 0.717) is 29.4 Å². The summed E-state index contributed by atoms with van der Waals surface area (Å²) in [6.45, 7) is 0.972. The normalized spacial score (nSPS) is 15.2. The van der Waals surface area contributed by atoms with Crippen LogP contribution in [-0.4, -0.2) is 29.8 Å². The quantitative estimate of drug-likeness (QED) is 0.811. The molecule has 0 spiro atoms. The first-order valence-corrected chi connectivity index (χ1v) is 7.53. The van der Waals surface area contributed by atoms with E-state index in [-0.39, 0.29) is 12.4 Å². The van der Waals surface area contributed by atoms with Gasteiger partial charge in [0.25, 0.3) is 0 Å². The van der Waals surface area contributed by atoms with Crippen LogP contribution in [0.2, 0.25) is 5.02 Å². The Labute approximate surface area is 138 Å². The second kappa shape index (κ2) is 6.38. The minimum Gasteiger partial charge on any atom is -0.328 e. The zero-order valence-electron chi connectivity index (χ0n) is 12.2. The number of hydrogen-bond donors (Lipinski definition) is 0. The number of amides is 2. The summed E-state index contributed by atoms with van der Waals surface area (Å²) in [4.78, 5) is 27.5. The van der Waals surface area contributed by atoms with Gasteiger partial charge < -0.3 is 9.80 Å². The Kier molecular flexibility index (Phi) is 4.30. The van der Waals surface area contributed by atoms with Crippen molar-refractivity contribution in [2.45, 2.75) is 6.54 Å². The van der Waals surface area contributed by atoms with Gasteiger partial charge in [0.2, 0.25) is 0 Å². The van der Waals surface area contributed by atoms with Crippen molar-refractivity contribution in [1.82, 2.24) is 4.90 Å². The molecule has 1 aliphatic heterocycles. The molecule has 4 nitrogen and oxygen atoms in total. The summed E-state index contributed by atoms with van der Waals surface area (Å²) in [5, 5.41) is 0.505. The highest BCUT2D eigenvalue weighted by atomic mass is 35.5. The number of rotatable bonds is 3. The van der Waals surface area contributed by atoms with Crippen LogP contribution in [0.4, 0.5) is 10.1 Å². The Hall–Kier alpha value is -2.40. The van der Waals surface area contributed by atoms with Gasteiger partial charge in [0.05, 0.1) is 0 Å². The lowest BCUT2D eigenvalue weighted by Crippen LogP contribution is -2.54. The zero-order valence-corrected chi connectivity index (χ0v) is 13.0. The SMILES string of the molecule is O=C1C(=O)N(c2cccc(Cl)c2)CCN1Cc1cccc(F)c1. The molecule has 1 heterocycles. The van der Waals surface area contributed by atoms with Gasteiger partial charge in [0, 0.05) is 30.3 Å². The van der Waals surface area contributed by atoms with Gasteiger partial charge in [-0.1, -0.05) is 29.8 Å². The van der Waals surface area contributed by atoms with E-state index < -0.39 is 11.8 Å². The van der Waals surface area contributed by atoms with E-state index >= 15 is 0 Å². The van der Waals surface area contributed by atoms with Gasteiger partial charge in [-0.25, -0.2) is 4.39 Å². The van der Waals surface area contributed by atoms with Crippen LogP contribution in [0, 0.1) is 5.82 Å². The van der Waals surface area contributed by atoms with Gasteiger partial charge in [-0.05, 0) is 35.9 Å². The topological polar surface area (TPSA) is 40.6 Å². The summed E-state index contributed by atoms with van der Waals surface area (Å²) < 4.78 is 13.2. The molecule has 1 fully saturated rings. The molecule has 23 heavy (non-hydrogen) atoms. The molecule has 0 saturated carbocycles. The summed E-state index contributed by atoms with van der Waals surface area (Å²) in [5.74, 6) is -1.56. The highest BCUT2D eigenvalue weighted by molar-refractivity contribution is 6.41. The number of benzene rings is 2. The van der Waals surface area contributed by atoms with Crippen LogP contribution in [0.25, 0.3) is 0 Å². The summed E-state index contributed by atoms with van der Waals surface area (Å²) in [7, 11) is 0. The molecule has 0 aliphatic carbocycles. The van der Waals surface area contributed by atoms with Crippen molar-refractivity contribution in [2.24, 2.45) is 0 Å². The third kappa shape index (κ3) is 3.35. The summed E-state index contributed by atoms with van der Waals surface area (Å²) in [6, 6.07) is 12.8. The molecule has 0 bridgehead atoms. The molecule has 3 rings (SSSR count). The fourth-order valence-corrected chi connectivity index (χ4v) is 2.76. The van der Waals surface area contributed by atoms with Crippen LogP contribution < -0.4 is 4.90 Å². The predicted molar refractivity (Wildman–Crippen MR) is 85.6 cm³/mol. The lowest BCUT2D eigenvalue weighted by Gasteiger charge is -2.33. The van der Waals surface area contributed by atoms with E-state index in [0.717, 1.165) is 0 Å².